The average Bonchev–Trinajstić information content (AvgIpc) is 3.23. The standard InChI is InChI=1S/C21H18N4OS/c1-15-13-19(25(24-15)14-16-7-3-2-4-8-16)23-20(26)11-12-21-22-17-9-5-6-10-18(17)27-21/h2-13H,14H2,1H3,(H,23,26)/b12-11+. The van der Waals surface area contributed by atoms with Gasteiger partial charge in [0, 0.05) is 12.1 Å². The van der Waals surface area contributed by atoms with Crippen LogP contribution in [0.15, 0.2) is 66.7 Å². The number of aromatic nitrogens is 3. The lowest BCUT2D eigenvalue weighted by atomic mass is 10.2. The van der Waals surface area contributed by atoms with Crippen molar-refractivity contribution in [3.8, 4) is 0 Å². The highest BCUT2D eigenvalue weighted by Crippen LogP contribution is 2.22. The fourth-order valence-corrected chi connectivity index (χ4v) is 3.67. The van der Waals surface area contributed by atoms with E-state index in [9.17, 15) is 4.79 Å². The first-order valence-electron chi connectivity index (χ1n) is 8.60. The Hall–Kier alpha value is -3.25. The van der Waals surface area contributed by atoms with Gasteiger partial charge in [-0.05, 0) is 30.7 Å². The Morgan fingerprint density at radius 2 is 1.93 bits per heavy atom. The third kappa shape index (κ3) is 4.12. The van der Waals surface area contributed by atoms with Crippen molar-refractivity contribution in [2.24, 2.45) is 0 Å². The zero-order valence-electron chi connectivity index (χ0n) is 14.8. The minimum atomic E-state index is -0.205. The van der Waals surface area contributed by atoms with Crippen LogP contribution in [0.3, 0.4) is 0 Å². The van der Waals surface area contributed by atoms with Crippen LogP contribution in [-0.4, -0.2) is 20.7 Å². The van der Waals surface area contributed by atoms with Crippen molar-refractivity contribution in [1.82, 2.24) is 14.8 Å². The summed E-state index contributed by atoms with van der Waals surface area (Å²) in [5, 5.41) is 8.19. The molecule has 27 heavy (non-hydrogen) atoms. The topological polar surface area (TPSA) is 59.8 Å². The van der Waals surface area contributed by atoms with Gasteiger partial charge < -0.3 is 5.32 Å². The number of hydrogen-bond donors (Lipinski definition) is 1. The molecule has 0 atom stereocenters. The Bertz CT molecular complexity index is 1080. The van der Waals surface area contributed by atoms with E-state index in [1.165, 1.54) is 6.08 Å². The molecule has 0 aliphatic carbocycles. The molecular weight excluding hydrogens is 356 g/mol. The van der Waals surface area contributed by atoms with Gasteiger partial charge in [0.05, 0.1) is 22.5 Å². The van der Waals surface area contributed by atoms with Crippen LogP contribution in [0.2, 0.25) is 0 Å². The Kier molecular flexibility index (Phi) is 4.80. The molecule has 0 unspecified atom stereocenters. The SMILES string of the molecule is Cc1cc(NC(=O)/C=C/c2nc3ccccc3s2)n(Cc2ccccc2)n1. The summed E-state index contributed by atoms with van der Waals surface area (Å²) in [6.07, 6.45) is 3.25. The first kappa shape index (κ1) is 17.2. The number of carbonyl (C=O) groups is 1. The maximum atomic E-state index is 12.4. The summed E-state index contributed by atoms with van der Waals surface area (Å²) in [7, 11) is 0. The molecule has 0 saturated carbocycles. The summed E-state index contributed by atoms with van der Waals surface area (Å²) in [5.74, 6) is 0.471. The molecule has 5 nitrogen and oxygen atoms in total. The maximum absolute atomic E-state index is 12.4. The van der Waals surface area contributed by atoms with Gasteiger partial charge in [0.1, 0.15) is 10.8 Å². The Morgan fingerprint density at radius 1 is 1.15 bits per heavy atom. The third-order valence-electron chi connectivity index (χ3n) is 4.02. The van der Waals surface area contributed by atoms with Gasteiger partial charge in [-0.2, -0.15) is 5.10 Å². The van der Waals surface area contributed by atoms with Gasteiger partial charge in [0.15, 0.2) is 0 Å². The summed E-state index contributed by atoms with van der Waals surface area (Å²) in [6, 6.07) is 19.8. The number of nitrogens with zero attached hydrogens (tertiary/aromatic N) is 3. The van der Waals surface area contributed by atoms with Crippen molar-refractivity contribution in [1.29, 1.82) is 0 Å². The van der Waals surface area contributed by atoms with Gasteiger partial charge in [-0.3, -0.25) is 4.79 Å². The number of para-hydroxylation sites is 1. The van der Waals surface area contributed by atoms with E-state index in [0.717, 1.165) is 26.5 Å². The van der Waals surface area contributed by atoms with Gasteiger partial charge in [-0.1, -0.05) is 42.5 Å². The van der Waals surface area contributed by atoms with Crippen LogP contribution in [-0.2, 0) is 11.3 Å². The van der Waals surface area contributed by atoms with E-state index in [2.05, 4.69) is 15.4 Å². The number of fused-ring (bicyclic) bond motifs is 1. The van der Waals surface area contributed by atoms with Crippen LogP contribution in [0.1, 0.15) is 16.3 Å². The number of carbonyl (C=O) groups excluding carboxylic acids is 1. The number of nitrogens with one attached hydrogen (secondary N) is 1. The van der Waals surface area contributed by atoms with Gasteiger partial charge in [0.2, 0.25) is 5.91 Å². The van der Waals surface area contributed by atoms with Crippen LogP contribution in [0.25, 0.3) is 16.3 Å². The molecular formula is C21H18N4OS. The predicted octanol–water partition coefficient (Wildman–Crippen LogP) is 4.50. The highest BCUT2D eigenvalue weighted by Gasteiger charge is 2.08. The normalized spacial score (nSPS) is 11.3. The predicted molar refractivity (Wildman–Crippen MR) is 110 cm³/mol. The minimum absolute atomic E-state index is 0.205. The van der Waals surface area contributed by atoms with Crippen LogP contribution in [0.5, 0.6) is 0 Å². The lowest BCUT2D eigenvalue weighted by Crippen LogP contribution is -2.13. The molecule has 2 aromatic heterocycles. The number of benzene rings is 2. The van der Waals surface area contributed by atoms with Crippen molar-refractivity contribution >= 4 is 39.4 Å². The molecule has 134 valence electrons. The van der Waals surface area contributed by atoms with Crippen LogP contribution in [0, 0.1) is 6.92 Å². The van der Waals surface area contributed by atoms with Crippen molar-refractivity contribution in [2.75, 3.05) is 5.32 Å². The summed E-state index contributed by atoms with van der Waals surface area (Å²) in [6.45, 7) is 2.51. The number of hydrogen-bond acceptors (Lipinski definition) is 4. The fourth-order valence-electron chi connectivity index (χ4n) is 2.80. The zero-order valence-corrected chi connectivity index (χ0v) is 15.6. The highest BCUT2D eigenvalue weighted by molar-refractivity contribution is 7.19. The number of aryl methyl sites for hydroxylation is 1. The summed E-state index contributed by atoms with van der Waals surface area (Å²) < 4.78 is 2.91. The van der Waals surface area contributed by atoms with Crippen LogP contribution < -0.4 is 5.32 Å². The van der Waals surface area contributed by atoms with E-state index in [4.69, 9.17) is 0 Å². The van der Waals surface area contributed by atoms with Gasteiger partial charge in [-0.25, -0.2) is 9.67 Å². The molecule has 2 aromatic carbocycles. The molecule has 0 aliphatic rings. The van der Waals surface area contributed by atoms with Gasteiger partial charge >= 0.3 is 0 Å². The van der Waals surface area contributed by atoms with Crippen molar-refractivity contribution in [3.05, 3.63) is 83.0 Å². The number of anilines is 1. The summed E-state index contributed by atoms with van der Waals surface area (Å²) >= 11 is 1.56. The number of thiazole rings is 1. The zero-order chi connectivity index (χ0) is 18.6. The van der Waals surface area contributed by atoms with Crippen LogP contribution >= 0.6 is 11.3 Å². The summed E-state index contributed by atoms with van der Waals surface area (Å²) in [5.41, 5.74) is 2.93. The molecule has 0 aliphatic heterocycles. The first-order chi connectivity index (χ1) is 13.2. The van der Waals surface area contributed by atoms with E-state index in [1.54, 1.807) is 22.1 Å². The van der Waals surface area contributed by atoms with Crippen LogP contribution in [0.4, 0.5) is 5.82 Å². The molecule has 2 heterocycles. The molecule has 0 spiro atoms. The van der Waals surface area contributed by atoms with Crippen molar-refractivity contribution in [3.63, 3.8) is 0 Å². The van der Waals surface area contributed by atoms with Crippen molar-refractivity contribution in [2.45, 2.75) is 13.5 Å². The third-order valence-corrected chi connectivity index (χ3v) is 5.02. The molecule has 0 bridgehead atoms. The lowest BCUT2D eigenvalue weighted by molar-refractivity contribution is -0.111. The van der Waals surface area contributed by atoms with E-state index < -0.39 is 0 Å². The monoisotopic (exact) mass is 374 g/mol. The Balaban J connectivity index is 1.47. The molecule has 6 heteroatoms. The number of amides is 1. The Morgan fingerprint density at radius 3 is 2.74 bits per heavy atom. The average molecular weight is 374 g/mol. The van der Waals surface area contributed by atoms with E-state index in [-0.39, 0.29) is 5.91 Å². The molecule has 0 radical (unpaired) electrons. The second-order valence-electron chi connectivity index (χ2n) is 6.16. The van der Waals surface area contributed by atoms with Gasteiger partial charge in [0.25, 0.3) is 0 Å². The van der Waals surface area contributed by atoms with Crippen molar-refractivity contribution < 1.29 is 4.79 Å². The lowest BCUT2D eigenvalue weighted by Gasteiger charge is -2.07. The molecule has 1 amide bonds. The second-order valence-corrected chi connectivity index (χ2v) is 7.22. The van der Waals surface area contributed by atoms with E-state index >= 15 is 0 Å². The molecule has 0 saturated heterocycles. The second kappa shape index (κ2) is 7.55. The smallest absolute Gasteiger partial charge is 0.249 e. The minimum Gasteiger partial charge on any atom is -0.307 e. The van der Waals surface area contributed by atoms with E-state index in [1.807, 2.05) is 67.6 Å². The number of rotatable bonds is 5. The molecule has 0 fully saturated rings. The molecule has 4 aromatic rings. The quantitative estimate of drug-likeness (QED) is 0.523. The highest BCUT2D eigenvalue weighted by atomic mass is 32.1. The van der Waals surface area contributed by atoms with Gasteiger partial charge in [-0.15, -0.1) is 11.3 Å². The fraction of sp³-hybridized carbons (Fsp3) is 0.0952. The first-order valence-corrected chi connectivity index (χ1v) is 9.42. The molecule has 4 rings (SSSR count). The van der Waals surface area contributed by atoms with E-state index in [0.29, 0.717) is 12.4 Å². The molecule has 1 N–H and O–H groups in total. The largest absolute Gasteiger partial charge is 0.307 e. The Labute approximate surface area is 161 Å². The maximum Gasteiger partial charge on any atom is 0.249 e. The summed E-state index contributed by atoms with van der Waals surface area (Å²) in [4.78, 5) is 16.9.